The fraction of sp³-hybridized carbons (Fsp3) is 0.136. The molecule has 0 radical (unpaired) electrons. The normalized spacial score (nSPS) is 13.3. The fourth-order valence-corrected chi connectivity index (χ4v) is 3.35. The molecule has 0 unspecified atom stereocenters. The molecule has 0 aliphatic heterocycles. The lowest BCUT2D eigenvalue weighted by atomic mass is 9.89. The van der Waals surface area contributed by atoms with Gasteiger partial charge in [0.05, 0.1) is 11.9 Å². The Bertz CT molecular complexity index is 1030. The van der Waals surface area contributed by atoms with Crippen LogP contribution in [0.2, 0.25) is 0 Å². The summed E-state index contributed by atoms with van der Waals surface area (Å²) in [5.41, 5.74) is 9.31. The predicted octanol–water partition coefficient (Wildman–Crippen LogP) is 3.99. The molecule has 27 heavy (non-hydrogen) atoms. The van der Waals surface area contributed by atoms with Crippen LogP contribution in [0.4, 0.5) is 0 Å². The molecule has 1 amide bonds. The quantitative estimate of drug-likeness (QED) is 0.548. The third-order valence-electron chi connectivity index (χ3n) is 4.64. The Balaban J connectivity index is 1.47. The lowest BCUT2D eigenvalue weighted by Crippen LogP contribution is -2.20. The van der Waals surface area contributed by atoms with Crippen LogP contribution < -0.4 is 5.43 Å². The van der Waals surface area contributed by atoms with E-state index in [2.05, 4.69) is 26.8 Å². The maximum atomic E-state index is 12.5. The highest BCUT2D eigenvalue weighted by molar-refractivity contribution is 5.96. The number of nitrogens with one attached hydrogen (secondary N) is 2. The number of allylic oxidation sites excluding steroid dienone is 1. The van der Waals surface area contributed by atoms with Crippen molar-refractivity contribution < 1.29 is 4.79 Å². The summed E-state index contributed by atoms with van der Waals surface area (Å²) < 4.78 is 0. The van der Waals surface area contributed by atoms with Crippen LogP contribution in [0, 0.1) is 0 Å². The Kier molecular flexibility index (Phi) is 4.66. The number of nitrogens with zero attached hydrogens (tertiary/aromatic N) is 2. The average Bonchev–Trinajstić information content (AvgIpc) is 3.13. The van der Waals surface area contributed by atoms with E-state index in [4.69, 9.17) is 0 Å². The summed E-state index contributed by atoms with van der Waals surface area (Å²) in [6, 6.07) is 18.2. The Hall–Kier alpha value is -3.47. The molecular weight excluding hydrogens is 336 g/mol. The van der Waals surface area contributed by atoms with Crippen molar-refractivity contribution in [3.8, 4) is 11.3 Å². The van der Waals surface area contributed by atoms with E-state index in [9.17, 15) is 4.79 Å². The highest BCUT2D eigenvalue weighted by Gasteiger charge is 2.24. The summed E-state index contributed by atoms with van der Waals surface area (Å²) in [5.74, 6) is -0.271. The first-order valence-electron chi connectivity index (χ1n) is 8.94. The van der Waals surface area contributed by atoms with Crippen molar-refractivity contribution in [2.24, 2.45) is 5.10 Å². The molecule has 5 heteroatoms. The number of hydrogen-bond donors (Lipinski definition) is 2. The van der Waals surface area contributed by atoms with E-state index in [1.807, 2.05) is 61.5 Å². The van der Waals surface area contributed by atoms with Crippen molar-refractivity contribution in [3.63, 3.8) is 0 Å². The van der Waals surface area contributed by atoms with Crippen LogP contribution in [0.15, 0.2) is 65.3 Å². The first-order chi connectivity index (χ1) is 13.2. The molecular formula is C22H20N4O. The van der Waals surface area contributed by atoms with E-state index in [1.54, 1.807) is 6.21 Å². The number of aromatic amines is 1. The molecule has 0 saturated heterocycles. The highest BCUT2D eigenvalue weighted by Crippen LogP contribution is 2.33. The van der Waals surface area contributed by atoms with Crippen molar-refractivity contribution in [2.45, 2.75) is 19.8 Å². The van der Waals surface area contributed by atoms with Gasteiger partial charge in [0.25, 0.3) is 5.91 Å². The number of aryl methyl sites for hydroxylation is 1. The van der Waals surface area contributed by atoms with Crippen LogP contribution in [-0.4, -0.2) is 22.3 Å². The van der Waals surface area contributed by atoms with E-state index in [-0.39, 0.29) is 5.91 Å². The van der Waals surface area contributed by atoms with E-state index in [0.29, 0.717) is 5.69 Å². The number of hydrogen-bond acceptors (Lipinski definition) is 3. The van der Waals surface area contributed by atoms with Gasteiger partial charge in [0.15, 0.2) is 0 Å². The number of amides is 1. The monoisotopic (exact) mass is 356 g/mol. The maximum absolute atomic E-state index is 12.5. The van der Waals surface area contributed by atoms with Gasteiger partial charge in [-0.25, -0.2) is 5.43 Å². The van der Waals surface area contributed by atoms with Crippen LogP contribution in [0.1, 0.15) is 34.1 Å². The number of H-pyrrole nitrogens is 1. The summed E-state index contributed by atoms with van der Waals surface area (Å²) in [5, 5.41) is 11.3. The van der Waals surface area contributed by atoms with Crippen LogP contribution in [0.25, 0.3) is 17.3 Å². The molecule has 2 N–H and O–H groups in total. The molecule has 5 nitrogen and oxygen atoms in total. The zero-order valence-corrected chi connectivity index (χ0v) is 15.1. The maximum Gasteiger partial charge on any atom is 0.289 e. The van der Waals surface area contributed by atoms with Gasteiger partial charge in [-0.3, -0.25) is 9.89 Å². The number of rotatable bonds is 4. The van der Waals surface area contributed by atoms with Crippen LogP contribution in [0.5, 0.6) is 0 Å². The summed E-state index contributed by atoms with van der Waals surface area (Å²) >= 11 is 0. The smallest absolute Gasteiger partial charge is 0.272 e. The second kappa shape index (κ2) is 7.41. The Morgan fingerprint density at radius 1 is 1.11 bits per heavy atom. The van der Waals surface area contributed by atoms with E-state index < -0.39 is 0 Å². The second-order valence-corrected chi connectivity index (χ2v) is 6.58. The highest BCUT2D eigenvalue weighted by atomic mass is 16.2. The lowest BCUT2D eigenvalue weighted by molar-refractivity contribution is 0.0949. The van der Waals surface area contributed by atoms with Crippen LogP contribution >= 0.6 is 0 Å². The number of hydrazone groups is 1. The lowest BCUT2D eigenvalue weighted by Gasteiger charge is -2.15. The summed E-state index contributed by atoms with van der Waals surface area (Å²) in [7, 11) is 0. The number of aromatic nitrogens is 2. The Labute approximate surface area is 157 Å². The van der Waals surface area contributed by atoms with Gasteiger partial charge in [-0.05, 0) is 36.5 Å². The largest absolute Gasteiger partial charge is 0.289 e. The molecule has 4 rings (SSSR count). The standard InChI is InChI=1S/C22H20N4O/c1-15(13-16-7-3-2-4-8-16)14-23-26-22(27)21-19-12-11-17-9-5-6-10-18(17)20(19)24-25-21/h2-10,13-14H,11-12H2,1H3,(H,24,25)(H,26,27). The van der Waals surface area contributed by atoms with Gasteiger partial charge in [0.2, 0.25) is 0 Å². The number of fused-ring (bicyclic) bond motifs is 3. The van der Waals surface area contributed by atoms with Gasteiger partial charge in [-0.2, -0.15) is 10.2 Å². The van der Waals surface area contributed by atoms with Gasteiger partial charge in [0, 0.05) is 11.1 Å². The molecule has 1 aliphatic carbocycles. The van der Waals surface area contributed by atoms with Crippen molar-refractivity contribution in [1.82, 2.24) is 15.6 Å². The fourth-order valence-electron chi connectivity index (χ4n) is 3.35. The van der Waals surface area contributed by atoms with Crippen LogP contribution in [0.3, 0.4) is 0 Å². The number of carbonyl (C=O) groups is 1. The number of carbonyl (C=O) groups excluding carboxylic acids is 1. The zero-order chi connectivity index (χ0) is 18.6. The molecule has 1 heterocycles. The summed E-state index contributed by atoms with van der Waals surface area (Å²) in [4.78, 5) is 12.5. The molecule has 0 bridgehead atoms. The summed E-state index contributed by atoms with van der Waals surface area (Å²) in [6.07, 6.45) is 5.35. The van der Waals surface area contributed by atoms with Gasteiger partial charge in [-0.1, -0.05) is 60.7 Å². The summed E-state index contributed by atoms with van der Waals surface area (Å²) in [6.45, 7) is 1.94. The molecule has 0 fully saturated rings. The minimum Gasteiger partial charge on any atom is -0.272 e. The second-order valence-electron chi connectivity index (χ2n) is 6.58. The first kappa shape index (κ1) is 17.0. The topological polar surface area (TPSA) is 70.1 Å². The molecule has 3 aromatic rings. The van der Waals surface area contributed by atoms with Gasteiger partial charge in [-0.15, -0.1) is 0 Å². The molecule has 0 spiro atoms. The molecule has 134 valence electrons. The Morgan fingerprint density at radius 2 is 1.89 bits per heavy atom. The van der Waals surface area contributed by atoms with Gasteiger partial charge in [0.1, 0.15) is 5.69 Å². The van der Waals surface area contributed by atoms with E-state index in [1.165, 1.54) is 5.56 Å². The SMILES string of the molecule is CC(C=NNC(=O)c1[nH]nc2c1CCc1ccccc1-2)=Cc1ccccc1. The van der Waals surface area contributed by atoms with Crippen molar-refractivity contribution in [1.29, 1.82) is 0 Å². The number of benzene rings is 2. The van der Waals surface area contributed by atoms with E-state index >= 15 is 0 Å². The minimum absolute atomic E-state index is 0.271. The van der Waals surface area contributed by atoms with Crippen LogP contribution in [-0.2, 0) is 12.8 Å². The molecule has 1 aromatic heterocycles. The molecule has 0 saturated carbocycles. The first-order valence-corrected chi connectivity index (χ1v) is 8.94. The van der Waals surface area contributed by atoms with Crippen molar-refractivity contribution in [3.05, 3.63) is 82.6 Å². The zero-order valence-electron chi connectivity index (χ0n) is 15.1. The molecule has 2 aromatic carbocycles. The van der Waals surface area contributed by atoms with Gasteiger partial charge < -0.3 is 0 Å². The third kappa shape index (κ3) is 3.58. The average molecular weight is 356 g/mol. The predicted molar refractivity (Wildman–Crippen MR) is 107 cm³/mol. The molecule has 1 aliphatic rings. The van der Waals surface area contributed by atoms with Crippen molar-refractivity contribution >= 4 is 18.2 Å². The molecule has 0 atom stereocenters. The van der Waals surface area contributed by atoms with Crippen molar-refractivity contribution in [2.75, 3.05) is 0 Å². The Morgan fingerprint density at radius 3 is 2.74 bits per heavy atom. The van der Waals surface area contributed by atoms with E-state index in [0.717, 1.165) is 40.8 Å². The third-order valence-corrected chi connectivity index (χ3v) is 4.64. The van der Waals surface area contributed by atoms with Gasteiger partial charge >= 0.3 is 0 Å². The minimum atomic E-state index is -0.271.